The first-order valence-corrected chi connectivity index (χ1v) is 19.1. The average molecular weight is 648 g/mol. The molecule has 5 atom stereocenters. The molecule has 2 saturated carbocycles. The minimum Gasteiger partial charge on any atom is -0.466 e. The van der Waals surface area contributed by atoms with E-state index in [0.717, 1.165) is 50.4 Å². The third-order valence-corrected chi connectivity index (χ3v) is 9.96. The van der Waals surface area contributed by atoms with Gasteiger partial charge in [-0.1, -0.05) is 103 Å². The second kappa shape index (κ2) is 25.2. The van der Waals surface area contributed by atoms with Gasteiger partial charge in [0.05, 0.1) is 19.6 Å². The van der Waals surface area contributed by atoms with E-state index in [9.17, 15) is 14.4 Å². The lowest BCUT2D eigenvalue weighted by Gasteiger charge is -2.24. The Kier molecular flexibility index (Phi) is 22.0. The quantitative estimate of drug-likeness (QED) is 0.0362. The van der Waals surface area contributed by atoms with Crippen molar-refractivity contribution >= 4 is 17.9 Å². The average Bonchev–Trinajstić information content (AvgIpc) is 3.68. The Hall–Kier alpha value is -1.89. The summed E-state index contributed by atoms with van der Waals surface area (Å²) >= 11 is 0. The number of carbonyl (C=O) groups excluding carboxylic acids is 3. The van der Waals surface area contributed by atoms with Gasteiger partial charge in [-0.25, -0.2) is 0 Å². The van der Waals surface area contributed by atoms with Crippen LogP contribution in [0.25, 0.3) is 0 Å². The van der Waals surface area contributed by atoms with Crippen LogP contribution in [0, 0.1) is 23.7 Å². The number of unbranched alkanes of at least 4 members (excludes halogenated alkanes) is 9. The first kappa shape index (κ1) is 40.3. The smallest absolute Gasteiger partial charge is 0.307 e. The third kappa shape index (κ3) is 19.1. The summed E-state index contributed by atoms with van der Waals surface area (Å²) in [5.41, 5.74) is 0. The molecule has 2 rings (SSSR count). The molecule has 0 radical (unpaired) electrons. The molecule has 0 saturated heterocycles. The van der Waals surface area contributed by atoms with Crippen LogP contribution in [0.1, 0.15) is 155 Å². The molecule has 2 fully saturated rings. The van der Waals surface area contributed by atoms with Crippen LogP contribution in [0.15, 0.2) is 12.2 Å². The maximum Gasteiger partial charge on any atom is 0.307 e. The molecule has 0 aromatic rings. The number of carbonyl (C=O) groups is 3. The van der Waals surface area contributed by atoms with Gasteiger partial charge in [-0.05, 0) is 70.4 Å². The van der Waals surface area contributed by atoms with Crippen molar-refractivity contribution in [2.75, 3.05) is 33.9 Å². The highest BCUT2D eigenvalue weighted by Gasteiger charge is 2.39. The first-order valence-electron chi connectivity index (χ1n) is 19.1. The largest absolute Gasteiger partial charge is 0.466 e. The van der Waals surface area contributed by atoms with Crippen molar-refractivity contribution in [3.05, 3.63) is 12.2 Å². The molecule has 7 heteroatoms. The van der Waals surface area contributed by atoms with Gasteiger partial charge in [0, 0.05) is 31.7 Å². The Bertz CT molecular complexity index is 857. The van der Waals surface area contributed by atoms with E-state index in [-0.39, 0.29) is 49.1 Å². The molecule has 0 N–H and O–H groups in total. The number of ether oxygens (including phenoxy) is 3. The molecule has 0 aliphatic heterocycles. The lowest BCUT2D eigenvalue weighted by molar-refractivity contribution is -0.151. The topological polar surface area (TPSA) is 82.1 Å². The molecule has 0 bridgehead atoms. The molecule has 2 aliphatic carbocycles. The van der Waals surface area contributed by atoms with Gasteiger partial charge >= 0.3 is 17.9 Å². The Morgan fingerprint density at radius 2 is 1.30 bits per heavy atom. The maximum atomic E-state index is 12.6. The number of esters is 3. The summed E-state index contributed by atoms with van der Waals surface area (Å²) in [7, 11) is 3.88. The third-order valence-electron chi connectivity index (χ3n) is 9.96. The Balaban J connectivity index is 1.46. The van der Waals surface area contributed by atoms with Crippen molar-refractivity contribution < 1.29 is 28.6 Å². The van der Waals surface area contributed by atoms with Crippen LogP contribution in [-0.2, 0) is 28.6 Å². The van der Waals surface area contributed by atoms with Crippen LogP contribution in [0.2, 0.25) is 0 Å². The van der Waals surface area contributed by atoms with Crippen LogP contribution in [-0.4, -0.2) is 62.8 Å². The zero-order valence-electron chi connectivity index (χ0n) is 30.1. The molecule has 266 valence electrons. The maximum absolute atomic E-state index is 12.6. The molecule has 0 aromatic carbocycles. The predicted molar refractivity (Wildman–Crippen MR) is 186 cm³/mol. The highest BCUT2D eigenvalue weighted by Crippen LogP contribution is 2.46. The van der Waals surface area contributed by atoms with Crippen molar-refractivity contribution in [3.63, 3.8) is 0 Å². The fourth-order valence-electron chi connectivity index (χ4n) is 7.00. The molecule has 0 spiro atoms. The second-order valence-electron chi connectivity index (χ2n) is 14.3. The van der Waals surface area contributed by atoms with Gasteiger partial charge in [-0.3, -0.25) is 14.4 Å². The zero-order chi connectivity index (χ0) is 33.4. The van der Waals surface area contributed by atoms with Gasteiger partial charge < -0.3 is 19.1 Å². The molecule has 0 aromatic heterocycles. The van der Waals surface area contributed by atoms with E-state index in [1.807, 2.05) is 19.0 Å². The molecule has 2 aliphatic rings. The summed E-state index contributed by atoms with van der Waals surface area (Å²) < 4.78 is 16.7. The zero-order valence-corrected chi connectivity index (χ0v) is 30.1. The van der Waals surface area contributed by atoms with E-state index in [1.54, 1.807) is 0 Å². The van der Waals surface area contributed by atoms with Crippen molar-refractivity contribution in [3.8, 4) is 0 Å². The van der Waals surface area contributed by atoms with E-state index < -0.39 is 0 Å². The number of rotatable bonds is 28. The van der Waals surface area contributed by atoms with E-state index in [2.05, 4.69) is 26.0 Å². The van der Waals surface area contributed by atoms with Gasteiger partial charge in [0.1, 0.15) is 6.10 Å². The van der Waals surface area contributed by atoms with Crippen molar-refractivity contribution in [2.45, 2.75) is 161 Å². The minimum absolute atomic E-state index is 0.130. The van der Waals surface area contributed by atoms with Crippen LogP contribution in [0.3, 0.4) is 0 Å². The lowest BCUT2D eigenvalue weighted by atomic mass is 9.88. The molecular weight excluding hydrogens is 578 g/mol. The standard InChI is InChI=1S/C39H69NO6/c1-5-7-9-10-12-16-20-32-30-33(32)21-17-13-11-14-18-23-37(41)44-28-19-29-45-39(43)31-34-24-25-36(35(34)22-15-8-6-2)46-38(42)26-27-40(3)4/h8,15,32-36H,5-7,9-14,16-31H2,1-4H3/b15-8-. The summed E-state index contributed by atoms with van der Waals surface area (Å²) in [6.07, 6.45) is 27.7. The molecule has 5 unspecified atom stereocenters. The van der Waals surface area contributed by atoms with Crippen LogP contribution in [0.5, 0.6) is 0 Å². The fraction of sp³-hybridized carbons (Fsp3) is 0.872. The Morgan fingerprint density at radius 3 is 1.96 bits per heavy atom. The van der Waals surface area contributed by atoms with E-state index in [4.69, 9.17) is 14.2 Å². The Labute approximate surface area is 281 Å². The normalized spacial score (nSPS) is 22.4. The summed E-state index contributed by atoms with van der Waals surface area (Å²) in [6, 6.07) is 0. The lowest BCUT2D eigenvalue weighted by Crippen LogP contribution is -2.28. The predicted octanol–water partition coefficient (Wildman–Crippen LogP) is 9.22. The molecule has 46 heavy (non-hydrogen) atoms. The first-order chi connectivity index (χ1) is 22.3. The number of nitrogens with zero attached hydrogens (tertiary/aromatic N) is 1. The number of hydrogen-bond acceptors (Lipinski definition) is 7. The number of allylic oxidation sites excluding steroid dienone is 2. The van der Waals surface area contributed by atoms with Crippen LogP contribution in [0.4, 0.5) is 0 Å². The molecule has 7 nitrogen and oxygen atoms in total. The monoisotopic (exact) mass is 648 g/mol. The minimum atomic E-state index is -0.226. The van der Waals surface area contributed by atoms with Gasteiger partial charge in [-0.15, -0.1) is 0 Å². The van der Waals surface area contributed by atoms with E-state index >= 15 is 0 Å². The highest BCUT2D eigenvalue weighted by molar-refractivity contribution is 5.71. The molecular formula is C39H69NO6. The summed E-state index contributed by atoms with van der Waals surface area (Å²) in [6.45, 7) is 5.58. The highest BCUT2D eigenvalue weighted by atomic mass is 16.6. The Morgan fingerprint density at radius 1 is 0.674 bits per heavy atom. The summed E-state index contributed by atoms with van der Waals surface area (Å²) in [5.74, 6) is 1.74. The van der Waals surface area contributed by atoms with Crippen molar-refractivity contribution in [2.24, 2.45) is 23.7 Å². The van der Waals surface area contributed by atoms with Crippen LogP contribution < -0.4 is 0 Å². The summed E-state index contributed by atoms with van der Waals surface area (Å²) in [4.78, 5) is 39.0. The van der Waals surface area contributed by atoms with Crippen molar-refractivity contribution in [1.82, 2.24) is 4.90 Å². The van der Waals surface area contributed by atoms with Crippen LogP contribution >= 0.6 is 0 Å². The van der Waals surface area contributed by atoms with E-state index in [1.165, 1.54) is 77.0 Å². The fourth-order valence-corrected chi connectivity index (χ4v) is 7.00. The van der Waals surface area contributed by atoms with E-state index in [0.29, 0.717) is 32.2 Å². The SMILES string of the molecule is CC/C=C\CC1C(CC(=O)OCCCOC(=O)CCCCCCCC2CC2CCCCCCCC)CCC1OC(=O)CCN(C)C. The summed E-state index contributed by atoms with van der Waals surface area (Å²) in [5, 5.41) is 0. The second-order valence-corrected chi connectivity index (χ2v) is 14.3. The molecule has 0 amide bonds. The van der Waals surface area contributed by atoms with Gasteiger partial charge in [0.25, 0.3) is 0 Å². The van der Waals surface area contributed by atoms with Gasteiger partial charge in [-0.2, -0.15) is 0 Å². The van der Waals surface area contributed by atoms with Crippen molar-refractivity contribution in [1.29, 1.82) is 0 Å². The number of hydrogen-bond donors (Lipinski definition) is 0. The van der Waals surface area contributed by atoms with Gasteiger partial charge in [0.15, 0.2) is 0 Å². The van der Waals surface area contributed by atoms with Gasteiger partial charge in [0.2, 0.25) is 0 Å². The molecule has 0 heterocycles.